The zero-order valence-corrected chi connectivity index (χ0v) is 10.7. The van der Waals surface area contributed by atoms with E-state index in [9.17, 15) is 8.42 Å². The molecule has 1 fully saturated rings. The lowest BCUT2D eigenvalue weighted by Crippen LogP contribution is -2.54. The SMILES string of the molecule is CN1CCN(C)C(CNS(=O)(=O)CCO)C1. The molecule has 0 aromatic heterocycles. The van der Waals surface area contributed by atoms with Gasteiger partial charge >= 0.3 is 0 Å². The van der Waals surface area contributed by atoms with Gasteiger partial charge in [-0.15, -0.1) is 0 Å². The molecule has 1 heterocycles. The second kappa shape index (κ2) is 5.92. The van der Waals surface area contributed by atoms with E-state index in [1.807, 2.05) is 14.1 Å². The van der Waals surface area contributed by atoms with E-state index in [0.29, 0.717) is 6.54 Å². The first-order valence-electron chi connectivity index (χ1n) is 5.41. The Morgan fingerprint density at radius 3 is 2.69 bits per heavy atom. The smallest absolute Gasteiger partial charge is 0.213 e. The van der Waals surface area contributed by atoms with E-state index in [0.717, 1.165) is 19.6 Å². The fraction of sp³-hybridized carbons (Fsp3) is 1.00. The van der Waals surface area contributed by atoms with Crippen molar-refractivity contribution in [2.24, 2.45) is 0 Å². The Hall–Kier alpha value is -0.210. The van der Waals surface area contributed by atoms with E-state index in [1.165, 1.54) is 0 Å². The molecule has 0 bridgehead atoms. The van der Waals surface area contributed by atoms with Crippen LogP contribution < -0.4 is 4.72 Å². The van der Waals surface area contributed by atoms with E-state index in [1.54, 1.807) is 0 Å². The zero-order chi connectivity index (χ0) is 12.2. The Balaban J connectivity index is 2.41. The van der Waals surface area contributed by atoms with Gasteiger partial charge in [0, 0.05) is 32.2 Å². The van der Waals surface area contributed by atoms with Crippen LogP contribution in [0.25, 0.3) is 0 Å². The molecule has 1 saturated heterocycles. The van der Waals surface area contributed by atoms with Crippen molar-refractivity contribution in [3.63, 3.8) is 0 Å². The Labute approximate surface area is 97.3 Å². The number of sulfonamides is 1. The van der Waals surface area contributed by atoms with E-state index >= 15 is 0 Å². The van der Waals surface area contributed by atoms with E-state index in [-0.39, 0.29) is 18.4 Å². The average Bonchev–Trinajstić information content (AvgIpc) is 2.19. The normalized spacial score (nSPS) is 24.8. The third kappa shape index (κ3) is 4.34. The number of aliphatic hydroxyl groups is 1. The van der Waals surface area contributed by atoms with E-state index < -0.39 is 10.0 Å². The number of aliphatic hydroxyl groups excluding tert-OH is 1. The van der Waals surface area contributed by atoms with Gasteiger partial charge in [-0.3, -0.25) is 4.90 Å². The quantitative estimate of drug-likeness (QED) is 0.600. The van der Waals surface area contributed by atoms with Crippen LogP contribution in [0.3, 0.4) is 0 Å². The average molecular weight is 251 g/mol. The van der Waals surface area contributed by atoms with Crippen LogP contribution in [-0.2, 0) is 10.0 Å². The second-order valence-corrected chi connectivity index (χ2v) is 6.21. The molecule has 1 aliphatic heterocycles. The predicted octanol–water partition coefficient (Wildman–Crippen LogP) is -1.86. The van der Waals surface area contributed by atoms with Crippen LogP contribution in [0.5, 0.6) is 0 Å². The van der Waals surface area contributed by atoms with Crippen molar-refractivity contribution in [2.75, 3.05) is 52.6 Å². The van der Waals surface area contributed by atoms with Crippen molar-refractivity contribution < 1.29 is 13.5 Å². The Morgan fingerprint density at radius 1 is 1.38 bits per heavy atom. The Morgan fingerprint density at radius 2 is 2.06 bits per heavy atom. The molecule has 96 valence electrons. The molecule has 2 N–H and O–H groups in total. The summed E-state index contributed by atoms with van der Waals surface area (Å²) in [7, 11) is 0.711. The number of piperazine rings is 1. The van der Waals surface area contributed by atoms with Crippen molar-refractivity contribution in [2.45, 2.75) is 6.04 Å². The topological polar surface area (TPSA) is 72.9 Å². The number of rotatable bonds is 5. The molecule has 0 aromatic rings. The zero-order valence-electron chi connectivity index (χ0n) is 9.89. The standard InChI is InChI=1S/C9H21N3O3S/c1-11-3-4-12(2)9(8-11)7-10-16(14,15)6-5-13/h9-10,13H,3-8H2,1-2H3. The molecule has 0 radical (unpaired) electrons. The van der Waals surface area contributed by atoms with Crippen LogP contribution in [0.1, 0.15) is 0 Å². The lowest BCUT2D eigenvalue weighted by molar-refractivity contribution is 0.117. The van der Waals surface area contributed by atoms with Crippen molar-refractivity contribution in [1.29, 1.82) is 0 Å². The van der Waals surface area contributed by atoms with E-state index in [4.69, 9.17) is 5.11 Å². The molecule has 16 heavy (non-hydrogen) atoms. The van der Waals surface area contributed by atoms with E-state index in [2.05, 4.69) is 14.5 Å². The van der Waals surface area contributed by atoms with Crippen LogP contribution in [0.2, 0.25) is 0 Å². The number of hydrogen-bond acceptors (Lipinski definition) is 5. The maximum atomic E-state index is 11.4. The number of nitrogens with one attached hydrogen (secondary N) is 1. The molecule has 1 atom stereocenters. The molecule has 1 unspecified atom stereocenters. The van der Waals surface area contributed by atoms with Crippen LogP contribution >= 0.6 is 0 Å². The van der Waals surface area contributed by atoms with Crippen molar-refractivity contribution >= 4 is 10.0 Å². The van der Waals surface area contributed by atoms with Gasteiger partial charge in [-0.05, 0) is 14.1 Å². The first-order chi connectivity index (χ1) is 7.44. The summed E-state index contributed by atoms with van der Waals surface area (Å²) in [6.45, 7) is 2.89. The molecule has 0 aliphatic carbocycles. The molecule has 1 aliphatic rings. The maximum absolute atomic E-state index is 11.4. The molecule has 0 spiro atoms. The fourth-order valence-corrected chi connectivity index (χ4v) is 2.57. The highest BCUT2D eigenvalue weighted by Gasteiger charge is 2.23. The maximum Gasteiger partial charge on any atom is 0.213 e. The first-order valence-corrected chi connectivity index (χ1v) is 7.07. The van der Waals surface area contributed by atoms with Gasteiger partial charge in [0.05, 0.1) is 12.4 Å². The highest BCUT2D eigenvalue weighted by molar-refractivity contribution is 7.89. The molecule has 1 rings (SSSR count). The fourth-order valence-electron chi connectivity index (χ4n) is 1.74. The van der Waals surface area contributed by atoms with Gasteiger partial charge in [-0.2, -0.15) is 0 Å². The van der Waals surface area contributed by atoms with Crippen molar-refractivity contribution in [3.8, 4) is 0 Å². The van der Waals surface area contributed by atoms with Gasteiger partial charge in [0.2, 0.25) is 10.0 Å². The van der Waals surface area contributed by atoms with Gasteiger partial charge in [0.25, 0.3) is 0 Å². The van der Waals surface area contributed by atoms with Crippen LogP contribution in [0.15, 0.2) is 0 Å². The number of hydrogen-bond donors (Lipinski definition) is 2. The summed E-state index contributed by atoms with van der Waals surface area (Å²) in [5, 5.41) is 8.60. The molecule has 7 heteroatoms. The summed E-state index contributed by atoms with van der Waals surface area (Å²) in [4.78, 5) is 4.34. The summed E-state index contributed by atoms with van der Waals surface area (Å²) >= 11 is 0. The third-order valence-electron chi connectivity index (χ3n) is 2.88. The summed E-state index contributed by atoms with van der Waals surface area (Å²) < 4.78 is 25.2. The lowest BCUT2D eigenvalue weighted by atomic mass is 10.2. The van der Waals surface area contributed by atoms with Crippen LogP contribution in [-0.4, -0.2) is 82.0 Å². The summed E-state index contributed by atoms with van der Waals surface area (Å²) in [6, 6.07) is 0.201. The van der Waals surface area contributed by atoms with Crippen LogP contribution in [0.4, 0.5) is 0 Å². The molecule has 0 aromatic carbocycles. The molecule has 0 saturated carbocycles. The highest BCUT2D eigenvalue weighted by Crippen LogP contribution is 2.05. The largest absolute Gasteiger partial charge is 0.395 e. The Bertz CT molecular complexity index is 307. The molecule has 0 amide bonds. The van der Waals surface area contributed by atoms with Gasteiger partial charge in [-0.25, -0.2) is 13.1 Å². The number of likely N-dealkylation sites (N-methyl/N-ethyl adjacent to an activating group) is 2. The minimum Gasteiger partial charge on any atom is -0.395 e. The number of nitrogens with zero attached hydrogens (tertiary/aromatic N) is 2. The van der Waals surface area contributed by atoms with Crippen molar-refractivity contribution in [1.82, 2.24) is 14.5 Å². The summed E-state index contributed by atoms with van der Waals surface area (Å²) in [5.41, 5.74) is 0. The first kappa shape index (κ1) is 13.9. The predicted molar refractivity (Wildman–Crippen MR) is 62.8 cm³/mol. The summed E-state index contributed by atoms with van der Waals surface area (Å²) in [5.74, 6) is -0.223. The minimum atomic E-state index is -3.32. The van der Waals surface area contributed by atoms with Gasteiger partial charge in [0.15, 0.2) is 0 Å². The van der Waals surface area contributed by atoms with Gasteiger partial charge < -0.3 is 10.0 Å². The highest BCUT2D eigenvalue weighted by atomic mass is 32.2. The third-order valence-corrected chi connectivity index (χ3v) is 4.21. The monoisotopic (exact) mass is 251 g/mol. The second-order valence-electron chi connectivity index (χ2n) is 4.29. The van der Waals surface area contributed by atoms with Crippen LogP contribution in [0, 0.1) is 0 Å². The van der Waals surface area contributed by atoms with Gasteiger partial charge in [-0.1, -0.05) is 0 Å². The molecular formula is C9H21N3O3S. The minimum absolute atomic E-state index is 0.201. The lowest BCUT2D eigenvalue weighted by Gasteiger charge is -2.37. The Kier molecular flexibility index (Phi) is 5.13. The molecule has 6 nitrogen and oxygen atoms in total. The van der Waals surface area contributed by atoms with Crippen molar-refractivity contribution in [3.05, 3.63) is 0 Å². The summed E-state index contributed by atoms with van der Waals surface area (Å²) in [6.07, 6.45) is 0. The van der Waals surface area contributed by atoms with Gasteiger partial charge in [0.1, 0.15) is 0 Å². The molecular weight excluding hydrogens is 230 g/mol.